The van der Waals surface area contributed by atoms with Crippen molar-refractivity contribution in [2.45, 2.75) is 6.92 Å². The third-order valence-electron chi connectivity index (χ3n) is 4.73. The molecule has 2 amide bonds. The molecule has 166 valence electrons. The minimum absolute atomic E-state index is 0.197. The summed E-state index contributed by atoms with van der Waals surface area (Å²) in [5, 5.41) is 4.99. The molecule has 9 heteroatoms. The highest BCUT2D eigenvalue weighted by molar-refractivity contribution is 6.33. The summed E-state index contributed by atoms with van der Waals surface area (Å²) in [7, 11) is 0. The van der Waals surface area contributed by atoms with Gasteiger partial charge < -0.3 is 10.6 Å². The number of anilines is 2. The fraction of sp³-hybridized carbons (Fsp3) is 0.0417. The Labute approximate surface area is 192 Å². The molecule has 0 fully saturated rings. The molecule has 0 saturated heterocycles. The molecule has 33 heavy (non-hydrogen) atoms. The zero-order chi connectivity index (χ0) is 23.5. The molecule has 4 rings (SSSR count). The fourth-order valence-electron chi connectivity index (χ4n) is 3.21. The van der Waals surface area contributed by atoms with Crippen LogP contribution in [0.3, 0.4) is 0 Å². The highest BCUT2D eigenvalue weighted by Crippen LogP contribution is 2.35. The van der Waals surface area contributed by atoms with E-state index in [0.29, 0.717) is 39.9 Å². The maximum atomic E-state index is 14.0. The molecule has 4 aromatic rings. The third-order valence-corrected chi connectivity index (χ3v) is 5.06. The zero-order valence-corrected chi connectivity index (χ0v) is 17.9. The average Bonchev–Trinajstić information content (AvgIpc) is 2.78. The molecule has 0 aliphatic rings. The van der Waals surface area contributed by atoms with Gasteiger partial charge >= 0.3 is 6.03 Å². The monoisotopic (exact) mass is 468 g/mol. The van der Waals surface area contributed by atoms with Crippen molar-refractivity contribution in [3.8, 4) is 22.6 Å². The van der Waals surface area contributed by atoms with Crippen molar-refractivity contribution in [3.05, 3.63) is 94.9 Å². The van der Waals surface area contributed by atoms with Gasteiger partial charge in [0.2, 0.25) is 0 Å². The van der Waals surface area contributed by atoms with Gasteiger partial charge in [-0.15, -0.1) is 0 Å². The second-order valence-corrected chi connectivity index (χ2v) is 7.43. The molecule has 2 N–H and O–H groups in total. The van der Waals surface area contributed by atoms with Crippen LogP contribution in [-0.4, -0.2) is 16.0 Å². The van der Waals surface area contributed by atoms with E-state index >= 15 is 0 Å². The van der Waals surface area contributed by atoms with E-state index in [0.717, 1.165) is 5.56 Å². The summed E-state index contributed by atoms with van der Waals surface area (Å²) < 4.78 is 41.1. The number of hydrogen-bond donors (Lipinski definition) is 2. The molecule has 0 aliphatic carbocycles. The number of carbonyl (C=O) groups is 1. The summed E-state index contributed by atoms with van der Waals surface area (Å²) in [5.41, 5.74) is 1.41. The number of amides is 2. The molecule has 5 nitrogen and oxygen atoms in total. The molecule has 0 bridgehead atoms. The topological polar surface area (TPSA) is 66.9 Å². The van der Waals surface area contributed by atoms with Gasteiger partial charge in [0.25, 0.3) is 0 Å². The first-order valence-electron chi connectivity index (χ1n) is 9.75. The molecule has 0 unspecified atom stereocenters. The Hall–Kier alpha value is -3.91. The van der Waals surface area contributed by atoms with Crippen LogP contribution in [0.1, 0.15) is 5.69 Å². The smallest absolute Gasteiger partial charge is 0.304 e. The summed E-state index contributed by atoms with van der Waals surface area (Å²) in [5.74, 6) is -3.19. The maximum Gasteiger partial charge on any atom is 0.323 e. The van der Waals surface area contributed by atoms with E-state index in [2.05, 4.69) is 20.6 Å². The Morgan fingerprint density at radius 2 is 1.45 bits per heavy atom. The molecular formula is C24H16ClF3N4O. The lowest BCUT2D eigenvalue weighted by Gasteiger charge is -2.16. The first kappa shape index (κ1) is 22.3. The number of aromatic nitrogens is 2. The molecule has 0 atom stereocenters. The van der Waals surface area contributed by atoms with Crippen LogP contribution in [0.4, 0.5) is 29.3 Å². The Morgan fingerprint density at radius 3 is 2.12 bits per heavy atom. The molecule has 3 aromatic carbocycles. The van der Waals surface area contributed by atoms with E-state index in [9.17, 15) is 18.0 Å². The van der Waals surface area contributed by atoms with Crippen molar-refractivity contribution in [1.29, 1.82) is 0 Å². The van der Waals surface area contributed by atoms with Crippen LogP contribution in [0.5, 0.6) is 0 Å². The fourth-order valence-corrected chi connectivity index (χ4v) is 3.43. The summed E-state index contributed by atoms with van der Waals surface area (Å²) in [6, 6.07) is 16.1. The predicted octanol–water partition coefficient (Wildman–Crippen LogP) is 6.83. The first-order valence-corrected chi connectivity index (χ1v) is 10.1. The summed E-state index contributed by atoms with van der Waals surface area (Å²) in [6.45, 7) is 1.66. The van der Waals surface area contributed by atoms with E-state index in [1.54, 1.807) is 31.2 Å². The van der Waals surface area contributed by atoms with Gasteiger partial charge in [-0.3, -0.25) is 0 Å². The second kappa shape index (κ2) is 9.30. The number of benzene rings is 3. The lowest BCUT2D eigenvalue weighted by Crippen LogP contribution is -2.22. The van der Waals surface area contributed by atoms with E-state index in [-0.39, 0.29) is 5.69 Å². The quantitative estimate of drug-likeness (QED) is 0.345. The van der Waals surface area contributed by atoms with E-state index in [1.165, 1.54) is 0 Å². The highest BCUT2D eigenvalue weighted by atomic mass is 35.5. The largest absolute Gasteiger partial charge is 0.323 e. The second-order valence-electron chi connectivity index (χ2n) is 7.03. The Balaban J connectivity index is 1.76. The van der Waals surface area contributed by atoms with Gasteiger partial charge in [-0.25, -0.2) is 27.9 Å². The van der Waals surface area contributed by atoms with Crippen molar-refractivity contribution < 1.29 is 18.0 Å². The van der Waals surface area contributed by atoms with Crippen LogP contribution >= 0.6 is 11.6 Å². The van der Waals surface area contributed by atoms with Gasteiger partial charge in [0.15, 0.2) is 17.5 Å². The van der Waals surface area contributed by atoms with Crippen LogP contribution in [0.2, 0.25) is 5.02 Å². The third kappa shape index (κ3) is 4.80. The zero-order valence-electron chi connectivity index (χ0n) is 17.2. The van der Waals surface area contributed by atoms with Gasteiger partial charge in [-0.05, 0) is 13.0 Å². The molecule has 0 radical (unpaired) electrons. The number of hydrogen-bond acceptors (Lipinski definition) is 3. The highest BCUT2D eigenvalue weighted by Gasteiger charge is 2.20. The normalized spacial score (nSPS) is 10.7. The standard InChI is InChI=1S/C24H16ClF3N4O/c1-13-20(31-24(33)32-22-18(27)11-15(26)12-19(22)28)21(16-9-5-6-10-17(16)25)30-23(29-13)14-7-3-2-4-8-14/h2-12H,1H3,(H2,31,32,33). The van der Waals surface area contributed by atoms with Crippen LogP contribution in [0.15, 0.2) is 66.7 Å². The first-order chi connectivity index (χ1) is 15.8. The number of aryl methyl sites for hydroxylation is 1. The lowest BCUT2D eigenvalue weighted by atomic mass is 10.1. The van der Waals surface area contributed by atoms with Crippen molar-refractivity contribution in [3.63, 3.8) is 0 Å². The Kier molecular flexibility index (Phi) is 6.28. The van der Waals surface area contributed by atoms with Crippen molar-refractivity contribution >= 4 is 29.0 Å². The SMILES string of the molecule is Cc1nc(-c2ccccc2)nc(-c2ccccc2Cl)c1NC(=O)Nc1c(F)cc(F)cc1F. The van der Waals surface area contributed by atoms with Crippen molar-refractivity contribution in [2.75, 3.05) is 10.6 Å². The molecule has 1 aromatic heterocycles. The molecule has 1 heterocycles. The number of rotatable bonds is 4. The number of halogens is 4. The van der Waals surface area contributed by atoms with Gasteiger partial charge in [-0.2, -0.15) is 0 Å². The summed E-state index contributed by atoms with van der Waals surface area (Å²) >= 11 is 6.38. The van der Waals surface area contributed by atoms with Gasteiger partial charge in [0, 0.05) is 23.3 Å². The lowest BCUT2D eigenvalue weighted by molar-refractivity contribution is 0.262. The van der Waals surface area contributed by atoms with Crippen LogP contribution < -0.4 is 10.6 Å². The van der Waals surface area contributed by atoms with Crippen molar-refractivity contribution in [1.82, 2.24) is 9.97 Å². The van der Waals surface area contributed by atoms with Gasteiger partial charge in [0.1, 0.15) is 11.5 Å². The van der Waals surface area contributed by atoms with Crippen LogP contribution in [0, 0.1) is 24.4 Å². The van der Waals surface area contributed by atoms with Gasteiger partial charge in [0.05, 0.1) is 22.1 Å². The van der Waals surface area contributed by atoms with E-state index < -0.39 is 29.2 Å². The number of urea groups is 1. The minimum Gasteiger partial charge on any atom is -0.304 e. The number of nitrogens with one attached hydrogen (secondary N) is 2. The van der Waals surface area contributed by atoms with Crippen LogP contribution in [0.25, 0.3) is 22.6 Å². The van der Waals surface area contributed by atoms with E-state index in [1.807, 2.05) is 30.3 Å². The molecule has 0 spiro atoms. The summed E-state index contributed by atoms with van der Waals surface area (Å²) in [4.78, 5) is 21.7. The average molecular weight is 469 g/mol. The van der Waals surface area contributed by atoms with Crippen LogP contribution in [-0.2, 0) is 0 Å². The van der Waals surface area contributed by atoms with Crippen molar-refractivity contribution in [2.24, 2.45) is 0 Å². The maximum absolute atomic E-state index is 14.0. The van der Waals surface area contributed by atoms with Gasteiger partial charge in [-0.1, -0.05) is 60.1 Å². The molecular weight excluding hydrogens is 453 g/mol. The Bertz CT molecular complexity index is 1330. The number of carbonyl (C=O) groups excluding carboxylic acids is 1. The number of nitrogens with zero attached hydrogens (tertiary/aromatic N) is 2. The molecule has 0 aliphatic heterocycles. The Morgan fingerprint density at radius 1 is 0.848 bits per heavy atom. The molecule has 0 saturated carbocycles. The minimum atomic E-state index is -1.25. The summed E-state index contributed by atoms with van der Waals surface area (Å²) in [6.07, 6.45) is 0. The predicted molar refractivity (Wildman–Crippen MR) is 122 cm³/mol. The van der Waals surface area contributed by atoms with E-state index in [4.69, 9.17) is 11.6 Å².